The van der Waals surface area contributed by atoms with Crippen molar-refractivity contribution in [3.05, 3.63) is 50.9 Å². The minimum Gasteiger partial charge on any atom is -0.348 e. The van der Waals surface area contributed by atoms with E-state index in [9.17, 15) is 9.59 Å². The maximum Gasteiger partial charge on any atom is 0.345 e. The number of nitrogens with one attached hydrogen (secondary N) is 2. The molecule has 24 heavy (non-hydrogen) atoms. The van der Waals surface area contributed by atoms with Crippen LogP contribution in [-0.4, -0.2) is 25.3 Å². The lowest BCUT2D eigenvalue weighted by Gasteiger charge is -2.12. The molecule has 3 rings (SSSR count). The first kappa shape index (κ1) is 16.4. The zero-order valence-electron chi connectivity index (χ0n) is 13.8. The third-order valence-corrected chi connectivity index (χ3v) is 4.76. The number of aromatic amines is 1. The predicted molar refractivity (Wildman–Crippen MR) is 92.3 cm³/mol. The van der Waals surface area contributed by atoms with Gasteiger partial charge in [0.2, 0.25) is 5.91 Å². The first-order valence-electron chi connectivity index (χ1n) is 7.72. The number of carbonyl (C=O) groups is 1. The normalized spacial score (nSPS) is 12.5. The van der Waals surface area contributed by atoms with Gasteiger partial charge in [-0.05, 0) is 32.8 Å². The van der Waals surface area contributed by atoms with Crippen molar-refractivity contribution >= 4 is 22.2 Å². The molecule has 8 heteroatoms. The summed E-state index contributed by atoms with van der Waals surface area (Å²) in [6.07, 6.45) is 4.75. The van der Waals surface area contributed by atoms with Crippen molar-refractivity contribution in [3.8, 4) is 0 Å². The van der Waals surface area contributed by atoms with E-state index in [0.717, 1.165) is 21.9 Å². The molecule has 3 heterocycles. The van der Waals surface area contributed by atoms with Crippen LogP contribution in [0.4, 0.5) is 0 Å². The molecule has 3 aromatic heterocycles. The Balaban J connectivity index is 1.61. The van der Waals surface area contributed by atoms with Crippen LogP contribution in [-0.2, 0) is 11.2 Å². The molecule has 0 spiro atoms. The summed E-state index contributed by atoms with van der Waals surface area (Å²) in [5.74, 6) is -0.0520. The molecule has 0 saturated carbocycles. The van der Waals surface area contributed by atoms with Gasteiger partial charge in [0.1, 0.15) is 0 Å². The fraction of sp³-hybridized carbons (Fsp3) is 0.375. The monoisotopic (exact) mass is 345 g/mol. The summed E-state index contributed by atoms with van der Waals surface area (Å²) in [6, 6.07) is -0.152. The molecule has 2 N–H and O–H groups in total. The number of aryl methyl sites for hydroxylation is 2. The highest BCUT2D eigenvalue weighted by atomic mass is 32.1. The molecular formula is C16H19N5O2S. The smallest absolute Gasteiger partial charge is 0.345 e. The summed E-state index contributed by atoms with van der Waals surface area (Å²) in [4.78, 5) is 35.5. The van der Waals surface area contributed by atoms with E-state index in [0.29, 0.717) is 18.5 Å². The third-order valence-electron chi connectivity index (χ3n) is 3.99. The van der Waals surface area contributed by atoms with Crippen molar-refractivity contribution < 1.29 is 4.79 Å². The number of fused-ring (bicyclic) bond motifs is 1. The molecule has 0 bridgehead atoms. The lowest BCUT2D eigenvalue weighted by atomic mass is 10.1. The zero-order valence-corrected chi connectivity index (χ0v) is 14.6. The molecule has 0 aliphatic rings. The van der Waals surface area contributed by atoms with Crippen molar-refractivity contribution in [3.63, 3.8) is 0 Å². The van der Waals surface area contributed by atoms with Crippen molar-refractivity contribution in [1.82, 2.24) is 24.7 Å². The molecular weight excluding hydrogens is 326 g/mol. The van der Waals surface area contributed by atoms with Gasteiger partial charge in [-0.25, -0.2) is 9.78 Å². The van der Waals surface area contributed by atoms with E-state index in [-0.39, 0.29) is 17.6 Å². The summed E-state index contributed by atoms with van der Waals surface area (Å²) in [5.41, 5.74) is 2.84. The number of imidazole rings is 1. The topological polar surface area (TPSA) is 92.1 Å². The third kappa shape index (κ3) is 3.38. The minimum absolute atomic E-state index is 0.0520. The van der Waals surface area contributed by atoms with Crippen LogP contribution < -0.4 is 11.0 Å². The quantitative estimate of drug-likeness (QED) is 0.739. The first-order chi connectivity index (χ1) is 11.4. The van der Waals surface area contributed by atoms with Gasteiger partial charge in [0.05, 0.1) is 11.7 Å². The number of hydrogen-bond donors (Lipinski definition) is 2. The van der Waals surface area contributed by atoms with Crippen molar-refractivity contribution in [2.45, 2.75) is 39.7 Å². The Labute approximate surface area is 142 Å². The summed E-state index contributed by atoms with van der Waals surface area (Å²) in [7, 11) is 0. The SMILES string of the molecule is Cc1nc(=O)[nH]c(C)c1CCC(=O)N[C@H](C)c1cn2ccsc2n1. The van der Waals surface area contributed by atoms with E-state index in [1.165, 1.54) is 0 Å². The number of carbonyl (C=O) groups excluding carboxylic acids is 1. The summed E-state index contributed by atoms with van der Waals surface area (Å²) < 4.78 is 1.95. The van der Waals surface area contributed by atoms with E-state index in [4.69, 9.17) is 0 Å². The molecule has 0 aliphatic carbocycles. The van der Waals surface area contributed by atoms with Crippen molar-refractivity contribution in [1.29, 1.82) is 0 Å². The Hall–Kier alpha value is -2.48. The molecule has 0 saturated heterocycles. The van der Waals surface area contributed by atoms with Crippen LogP contribution in [0.2, 0.25) is 0 Å². The maximum atomic E-state index is 12.2. The number of thiazole rings is 1. The minimum atomic E-state index is -0.355. The Kier molecular flexibility index (Phi) is 4.48. The van der Waals surface area contributed by atoms with Gasteiger partial charge >= 0.3 is 5.69 Å². The molecule has 1 atom stereocenters. The number of amides is 1. The standard InChI is InChI=1S/C16H19N5O2S/c1-9-12(10(2)19-15(23)18-9)4-5-14(22)17-11(3)13-8-21-6-7-24-16(21)20-13/h6-8,11H,4-5H2,1-3H3,(H,17,22)(H,18,19,23)/t11-/m1/s1. The van der Waals surface area contributed by atoms with Crippen molar-refractivity contribution in [2.24, 2.45) is 0 Å². The van der Waals surface area contributed by atoms with Gasteiger partial charge in [-0.1, -0.05) is 0 Å². The van der Waals surface area contributed by atoms with Gasteiger partial charge in [0.25, 0.3) is 0 Å². The second-order valence-corrected chi connectivity index (χ2v) is 6.65. The van der Waals surface area contributed by atoms with Crippen LogP contribution in [0.3, 0.4) is 0 Å². The first-order valence-corrected chi connectivity index (χ1v) is 8.60. The van der Waals surface area contributed by atoms with Gasteiger partial charge < -0.3 is 10.3 Å². The lowest BCUT2D eigenvalue weighted by molar-refractivity contribution is -0.121. The molecule has 0 fully saturated rings. The van der Waals surface area contributed by atoms with E-state index >= 15 is 0 Å². The molecule has 7 nitrogen and oxygen atoms in total. The molecule has 1 amide bonds. The molecule has 0 unspecified atom stereocenters. The molecule has 0 aliphatic heterocycles. The van der Waals surface area contributed by atoms with Crippen LogP contribution in [0.15, 0.2) is 22.6 Å². The number of aromatic nitrogens is 4. The van der Waals surface area contributed by atoms with Gasteiger partial charge in [-0.2, -0.15) is 4.98 Å². The van der Waals surface area contributed by atoms with Crippen LogP contribution in [0.1, 0.15) is 42.0 Å². The fourth-order valence-electron chi connectivity index (χ4n) is 2.70. The van der Waals surface area contributed by atoms with Crippen LogP contribution >= 0.6 is 11.3 Å². The molecule has 0 aromatic carbocycles. The highest BCUT2D eigenvalue weighted by molar-refractivity contribution is 7.15. The second-order valence-electron chi connectivity index (χ2n) is 5.78. The Bertz CT molecular complexity index is 885. The highest BCUT2D eigenvalue weighted by Gasteiger charge is 2.15. The average Bonchev–Trinajstić information content (AvgIpc) is 3.06. The largest absolute Gasteiger partial charge is 0.348 e. The number of nitrogens with zero attached hydrogens (tertiary/aromatic N) is 3. The van der Waals surface area contributed by atoms with E-state index in [1.54, 1.807) is 18.3 Å². The molecule has 0 radical (unpaired) electrons. The average molecular weight is 345 g/mol. The van der Waals surface area contributed by atoms with Gasteiger partial charge in [0, 0.05) is 35.6 Å². The van der Waals surface area contributed by atoms with E-state index in [2.05, 4.69) is 20.3 Å². The van der Waals surface area contributed by atoms with Crippen LogP contribution in [0.5, 0.6) is 0 Å². The summed E-state index contributed by atoms with van der Waals surface area (Å²) in [5, 5.41) is 4.94. The zero-order chi connectivity index (χ0) is 17.3. The van der Waals surface area contributed by atoms with Gasteiger partial charge in [-0.3, -0.25) is 9.20 Å². The Morgan fingerprint density at radius 3 is 2.92 bits per heavy atom. The van der Waals surface area contributed by atoms with Crippen LogP contribution in [0.25, 0.3) is 4.96 Å². The number of H-pyrrole nitrogens is 1. The van der Waals surface area contributed by atoms with Gasteiger partial charge in [-0.15, -0.1) is 11.3 Å². The summed E-state index contributed by atoms with van der Waals surface area (Å²) >= 11 is 1.56. The number of hydrogen-bond acceptors (Lipinski definition) is 5. The Morgan fingerprint density at radius 1 is 1.42 bits per heavy atom. The highest BCUT2D eigenvalue weighted by Crippen LogP contribution is 2.17. The maximum absolute atomic E-state index is 12.2. The molecule has 3 aromatic rings. The fourth-order valence-corrected chi connectivity index (χ4v) is 3.41. The Morgan fingerprint density at radius 2 is 2.21 bits per heavy atom. The predicted octanol–water partition coefficient (Wildman–Crippen LogP) is 1.91. The lowest BCUT2D eigenvalue weighted by Crippen LogP contribution is -2.27. The second kappa shape index (κ2) is 6.56. The van der Waals surface area contributed by atoms with Gasteiger partial charge in [0.15, 0.2) is 4.96 Å². The number of rotatable bonds is 5. The summed E-state index contributed by atoms with van der Waals surface area (Å²) in [6.45, 7) is 5.53. The van der Waals surface area contributed by atoms with E-state index < -0.39 is 0 Å². The molecule has 126 valence electrons. The van der Waals surface area contributed by atoms with E-state index in [1.807, 2.05) is 36.0 Å². The van der Waals surface area contributed by atoms with Crippen molar-refractivity contribution in [2.75, 3.05) is 0 Å². The van der Waals surface area contributed by atoms with Crippen LogP contribution in [0, 0.1) is 13.8 Å².